The third kappa shape index (κ3) is 2.96. The first kappa shape index (κ1) is 12.3. The largest absolute Gasteiger partial charge is 0.366 e. The molecular formula is C14H23N3. The van der Waals surface area contributed by atoms with Gasteiger partial charge >= 0.3 is 0 Å². The van der Waals surface area contributed by atoms with Crippen molar-refractivity contribution >= 4 is 5.82 Å². The highest BCUT2D eigenvalue weighted by atomic mass is 15.0. The summed E-state index contributed by atoms with van der Waals surface area (Å²) in [5.41, 5.74) is 2.05. The summed E-state index contributed by atoms with van der Waals surface area (Å²) in [5.74, 6) is 1.74. The van der Waals surface area contributed by atoms with E-state index in [1.54, 1.807) is 0 Å². The second-order valence-electron chi connectivity index (χ2n) is 5.13. The van der Waals surface area contributed by atoms with Crippen LogP contribution in [0, 0.1) is 19.8 Å². The smallest absolute Gasteiger partial charge is 0.145 e. The monoisotopic (exact) mass is 233 g/mol. The maximum atomic E-state index is 4.56. The van der Waals surface area contributed by atoms with Gasteiger partial charge in [-0.3, -0.25) is 4.98 Å². The maximum Gasteiger partial charge on any atom is 0.145 e. The predicted molar refractivity (Wildman–Crippen MR) is 71.2 cm³/mol. The van der Waals surface area contributed by atoms with Crippen molar-refractivity contribution in [2.24, 2.45) is 5.92 Å². The number of anilines is 1. The minimum absolute atomic E-state index is 0.588. The molecule has 0 spiro atoms. The number of hydrogen-bond acceptors (Lipinski definition) is 3. The molecule has 1 heterocycles. The molecule has 1 aliphatic carbocycles. The van der Waals surface area contributed by atoms with Crippen LogP contribution in [0.15, 0.2) is 6.20 Å². The molecule has 2 atom stereocenters. The summed E-state index contributed by atoms with van der Waals surface area (Å²) >= 11 is 0. The Kier molecular flexibility index (Phi) is 3.97. The molecule has 0 amide bonds. The van der Waals surface area contributed by atoms with Crippen LogP contribution >= 0.6 is 0 Å². The fraction of sp³-hybridized carbons (Fsp3) is 0.714. The Hall–Kier alpha value is -1.12. The van der Waals surface area contributed by atoms with Crippen LogP contribution < -0.4 is 5.32 Å². The Balaban J connectivity index is 2.05. The second kappa shape index (κ2) is 5.48. The third-order valence-corrected chi connectivity index (χ3v) is 3.96. The minimum atomic E-state index is 0.588. The summed E-state index contributed by atoms with van der Waals surface area (Å²) in [6.45, 7) is 6.31. The van der Waals surface area contributed by atoms with Crippen LogP contribution in [-0.2, 0) is 0 Å². The van der Waals surface area contributed by atoms with Crippen molar-refractivity contribution in [1.82, 2.24) is 9.97 Å². The van der Waals surface area contributed by atoms with Crippen molar-refractivity contribution < 1.29 is 0 Å². The van der Waals surface area contributed by atoms with Crippen molar-refractivity contribution in [2.45, 2.75) is 58.9 Å². The molecule has 3 heteroatoms. The Labute approximate surface area is 104 Å². The van der Waals surface area contributed by atoms with Crippen LogP contribution in [0.2, 0.25) is 0 Å². The molecule has 0 radical (unpaired) electrons. The van der Waals surface area contributed by atoms with E-state index in [2.05, 4.69) is 22.2 Å². The van der Waals surface area contributed by atoms with Gasteiger partial charge in [0.25, 0.3) is 0 Å². The number of aromatic nitrogens is 2. The summed E-state index contributed by atoms with van der Waals surface area (Å²) in [6.07, 6.45) is 8.47. The summed E-state index contributed by atoms with van der Waals surface area (Å²) in [5, 5.41) is 3.58. The predicted octanol–water partition coefficient (Wildman–Crippen LogP) is 3.47. The van der Waals surface area contributed by atoms with Crippen molar-refractivity contribution in [2.75, 3.05) is 5.32 Å². The van der Waals surface area contributed by atoms with E-state index in [0.29, 0.717) is 6.04 Å². The normalized spacial score (nSPS) is 24.6. The van der Waals surface area contributed by atoms with Gasteiger partial charge in [0.05, 0.1) is 17.6 Å². The van der Waals surface area contributed by atoms with Crippen LogP contribution in [0.5, 0.6) is 0 Å². The molecule has 3 nitrogen and oxygen atoms in total. The van der Waals surface area contributed by atoms with Gasteiger partial charge in [-0.15, -0.1) is 0 Å². The van der Waals surface area contributed by atoms with E-state index < -0.39 is 0 Å². The maximum absolute atomic E-state index is 4.56. The fourth-order valence-corrected chi connectivity index (χ4v) is 2.69. The van der Waals surface area contributed by atoms with Crippen LogP contribution in [0.3, 0.4) is 0 Å². The van der Waals surface area contributed by atoms with Gasteiger partial charge in [0.1, 0.15) is 5.82 Å². The van der Waals surface area contributed by atoms with Gasteiger partial charge in [0, 0.05) is 6.04 Å². The highest BCUT2D eigenvalue weighted by molar-refractivity contribution is 5.35. The molecule has 17 heavy (non-hydrogen) atoms. The zero-order valence-electron chi connectivity index (χ0n) is 11.2. The van der Waals surface area contributed by atoms with Gasteiger partial charge < -0.3 is 5.32 Å². The number of nitrogens with zero attached hydrogens (tertiary/aromatic N) is 2. The molecule has 2 unspecified atom stereocenters. The molecule has 1 fully saturated rings. The summed E-state index contributed by atoms with van der Waals surface area (Å²) < 4.78 is 0. The topological polar surface area (TPSA) is 37.8 Å². The van der Waals surface area contributed by atoms with Gasteiger partial charge in [-0.05, 0) is 32.6 Å². The van der Waals surface area contributed by atoms with Crippen molar-refractivity contribution in [3.05, 3.63) is 17.6 Å². The van der Waals surface area contributed by atoms with E-state index in [1.807, 2.05) is 20.0 Å². The van der Waals surface area contributed by atoms with E-state index in [-0.39, 0.29) is 0 Å². The Morgan fingerprint density at radius 1 is 1.24 bits per heavy atom. The number of nitrogens with one attached hydrogen (secondary N) is 1. The highest BCUT2D eigenvalue weighted by Crippen LogP contribution is 2.28. The molecule has 1 aromatic heterocycles. The summed E-state index contributed by atoms with van der Waals surface area (Å²) in [7, 11) is 0. The van der Waals surface area contributed by atoms with Gasteiger partial charge in [-0.2, -0.15) is 0 Å². The van der Waals surface area contributed by atoms with Crippen molar-refractivity contribution in [1.29, 1.82) is 0 Å². The Morgan fingerprint density at radius 2 is 2.00 bits per heavy atom. The van der Waals surface area contributed by atoms with Gasteiger partial charge in [0.2, 0.25) is 0 Å². The number of aryl methyl sites for hydroxylation is 2. The molecule has 0 aliphatic heterocycles. The van der Waals surface area contributed by atoms with Gasteiger partial charge in [-0.1, -0.05) is 26.2 Å². The van der Waals surface area contributed by atoms with Crippen LogP contribution in [0.25, 0.3) is 0 Å². The number of hydrogen-bond donors (Lipinski definition) is 1. The van der Waals surface area contributed by atoms with E-state index >= 15 is 0 Å². The van der Waals surface area contributed by atoms with Crippen molar-refractivity contribution in [3.63, 3.8) is 0 Å². The molecule has 1 aromatic rings. The quantitative estimate of drug-likeness (QED) is 0.868. The van der Waals surface area contributed by atoms with Gasteiger partial charge in [0.15, 0.2) is 0 Å². The average Bonchev–Trinajstić information content (AvgIpc) is 2.34. The Morgan fingerprint density at radius 3 is 2.71 bits per heavy atom. The first-order chi connectivity index (χ1) is 8.20. The lowest BCUT2D eigenvalue weighted by Crippen LogP contribution is -2.32. The zero-order valence-corrected chi connectivity index (χ0v) is 11.2. The van der Waals surface area contributed by atoms with Crippen LogP contribution in [-0.4, -0.2) is 16.0 Å². The van der Waals surface area contributed by atoms with E-state index in [0.717, 1.165) is 23.1 Å². The standard InChI is InChI=1S/C14H23N3/c1-4-12-7-5-6-8-13(12)17-14-9-15-10(2)11(3)16-14/h9,12-13H,4-8H2,1-3H3,(H,16,17). The highest BCUT2D eigenvalue weighted by Gasteiger charge is 2.23. The first-order valence-electron chi connectivity index (χ1n) is 6.77. The van der Waals surface area contributed by atoms with Crippen LogP contribution in [0.1, 0.15) is 50.4 Å². The minimum Gasteiger partial charge on any atom is -0.366 e. The molecule has 0 saturated heterocycles. The summed E-state index contributed by atoms with van der Waals surface area (Å²) in [4.78, 5) is 8.93. The summed E-state index contributed by atoms with van der Waals surface area (Å²) in [6, 6.07) is 0.588. The molecule has 2 rings (SSSR count). The Bertz CT molecular complexity index is 376. The number of rotatable bonds is 3. The third-order valence-electron chi connectivity index (χ3n) is 3.96. The molecular weight excluding hydrogens is 210 g/mol. The molecule has 1 N–H and O–H groups in total. The van der Waals surface area contributed by atoms with E-state index in [1.165, 1.54) is 32.1 Å². The van der Waals surface area contributed by atoms with Crippen molar-refractivity contribution in [3.8, 4) is 0 Å². The first-order valence-corrected chi connectivity index (χ1v) is 6.77. The lowest BCUT2D eigenvalue weighted by molar-refractivity contribution is 0.316. The molecule has 94 valence electrons. The SMILES string of the molecule is CCC1CCCCC1Nc1cnc(C)c(C)n1. The molecule has 1 aliphatic rings. The van der Waals surface area contributed by atoms with Crippen LogP contribution in [0.4, 0.5) is 5.82 Å². The zero-order chi connectivity index (χ0) is 12.3. The van der Waals surface area contributed by atoms with Gasteiger partial charge in [-0.25, -0.2) is 4.98 Å². The van der Waals surface area contributed by atoms with E-state index in [4.69, 9.17) is 0 Å². The molecule has 1 saturated carbocycles. The van der Waals surface area contributed by atoms with E-state index in [9.17, 15) is 0 Å². The lowest BCUT2D eigenvalue weighted by Gasteiger charge is -2.31. The average molecular weight is 233 g/mol. The second-order valence-corrected chi connectivity index (χ2v) is 5.13. The fourth-order valence-electron chi connectivity index (χ4n) is 2.69. The molecule has 0 aromatic carbocycles. The lowest BCUT2D eigenvalue weighted by atomic mass is 9.83. The molecule has 0 bridgehead atoms.